The van der Waals surface area contributed by atoms with E-state index in [4.69, 9.17) is 5.73 Å². The highest BCUT2D eigenvalue weighted by Gasteiger charge is 2.36. The highest BCUT2D eigenvalue weighted by atomic mass is 16.2. The van der Waals surface area contributed by atoms with Crippen LogP contribution in [0.1, 0.15) is 38.2 Å². The summed E-state index contributed by atoms with van der Waals surface area (Å²) in [6.45, 7) is 8.95. The third-order valence-corrected chi connectivity index (χ3v) is 5.61. The van der Waals surface area contributed by atoms with Gasteiger partial charge in [0.1, 0.15) is 0 Å². The van der Waals surface area contributed by atoms with Crippen LogP contribution in [0.25, 0.3) is 0 Å². The van der Waals surface area contributed by atoms with Gasteiger partial charge in [-0.25, -0.2) is 0 Å². The number of carbonyl (C=O) groups is 1. The number of piperazine rings is 1. The molecule has 0 bridgehead atoms. The molecule has 2 heterocycles. The lowest BCUT2D eigenvalue weighted by Crippen LogP contribution is -2.53. The van der Waals surface area contributed by atoms with Crippen LogP contribution in [0.3, 0.4) is 0 Å². The van der Waals surface area contributed by atoms with E-state index in [-0.39, 0.29) is 17.9 Å². The fourth-order valence-electron chi connectivity index (χ4n) is 3.63. The van der Waals surface area contributed by atoms with Crippen molar-refractivity contribution < 1.29 is 4.79 Å². The standard InChI is InChI=1S/C21H31N7O/c1-15(17-23-19(22)25-20(24-17)26(4)5)27-11-13-28(14-12-27)18(29)21(2,3)16-9-7-6-8-10-16/h6-10,15H,11-14H2,1-5H3,(H2,22,23,24,25). The number of aromatic nitrogens is 3. The molecule has 1 saturated heterocycles. The van der Waals surface area contributed by atoms with Gasteiger partial charge >= 0.3 is 0 Å². The zero-order chi connectivity index (χ0) is 21.2. The number of amides is 1. The third-order valence-electron chi connectivity index (χ3n) is 5.61. The summed E-state index contributed by atoms with van der Waals surface area (Å²) in [6, 6.07) is 9.96. The molecule has 1 aromatic heterocycles. The van der Waals surface area contributed by atoms with Crippen LogP contribution >= 0.6 is 0 Å². The van der Waals surface area contributed by atoms with E-state index in [1.54, 1.807) is 0 Å². The number of nitrogen functional groups attached to an aromatic ring is 1. The number of hydrogen-bond donors (Lipinski definition) is 1. The Morgan fingerprint density at radius 2 is 1.69 bits per heavy atom. The second-order valence-electron chi connectivity index (χ2n) is 8.24. The van der Waals surface area contributed by atoms with E-state index in [2.05, 4.69) is 26.8 Å². The molecule has 1 atom stereocenters. The van der Waals surface area contributed by atoms with Crippen molar-refractivity contribution >= 4 is 17.8 Å². The molecule has 2 aromatic rings. The van der Waals surface area contributed by atoms with Crippen LogP contribution in [0.4, 0.5) is 11.9 Å². The van der Waals surface area contributed by atoms with Gasteiger partial charge < -0.3 is 15.5 Å². The Kier molecular flexibility index (Phi) is 6.02. The van der Waals surface area contributed by atoms with E-state index in [1.165, 1.54) is 0 Å². The molecule has 8 heteroatoms. The molecule has 1 amide bonds. The molecule has 1 unspecified atom stereocenters. The van der Waals surface area contributed by atoms with Gasteiger partial charge in [-0.05, 0) is 26.3 Å². The molecule has 0 radical (unpaired) electrons. The highest BCUT2D eigenvalue weighted by molar-refractivity contribution is 5.87. The largest absolute Gasteiger partial charge is 0.368 e. The summed E-state index contributed by atoms with van der Waals surface area (Å²) >= 11 is 0. The minimum Gasteiger partial charge on any atom is -0.368 e. The monoisotopic (exact) mass is 397 g/mol. The van der Waals surface area contributed by atoms with E-state index in [0.717, 1.165) is 18.7 Å². The highest BCUT2D eigenvalue weighted by Crippen LogP contribution is 2.27. The predicted molar refractivity (Wildman–Crippen MR) is 115 cm³/mol. The summed E-state index contributed by atoms with van der Waals surface area (Å²) in [5.41, 5.74) is 6.37. The molecule has 2 N–H and O–H groups in total. The summed E-state index contributed by atoms with van der Waals surface area (Å²) in [4.78, 5) is 32.3. The lowest BCUT2D eigenvalue weighted by atomic mass is 9.83. The van der Waals surface area contributed by atoms with Crippen LogP contribution in [0.5, 0.6) is 0 Å². The Labute approximate surface area is 172 Å². The van der Waals surface area contributed by atoms with Crippen LogP contribution in [0, 0.1) is 0 Å². The quantitative estimate of drug-likeness (QED) is 0.821. The molecule has 3 rings (SSSR count). The van der Waals surface area contributed by atoms with Gasteiger partial charge in [-0.3, -0.25) is 9.69 Å². The van der Waals surface area contributed by atoms with Gasteiger partial charge in [0.05, 0.1) is 11.5 Å². The summed E-state index contributed by atoms with van der Waals surface area (Å²) in [7, 11) is 3.75. The first-order valence-electron chi connectivity index (χ1n) is 9.98. The Morgan fingerprint density at radius 3 is 2.28 bits per heavy atom. The molecule has 29 heavy (non-hydrogen) atoms. The van der Waals surface area contributed by atoms with E-state index in [1.807, 2.05) is 68.1 Å². The van der Waals surface area contributed by atoms with Crippen molar-refractivity contribution in [1.82, 2.24) is 24.8 Å². The first-order valence-corrected chi connectivity index (χ1v) is 9.98. The van der Waals surface area contributed by atoms with Gasteiger partial charge in [0, 0.05) is 40.3 Å². The second kappa shape index (κ2) is 8.32. The normalized spacial score (nSPS) is 16.5. The second-order valence-corrected chi connectivity index (χ2v) is 8.24. The molecule has 8 nitrogen and oxygen atoms in total. The molecule has 0 aliphatic carbocycles. The van der Waals surface area contributed by atoms with Gasteiger partial charge in [-0.1, -0.05) is 30.3 Å². The molecular weight excluding hydrogens is 366 g/mol. The van der Waals surface area contributed by atoms with Crippen molar-refractivity contribution in [3.8, 4) is 0 Å². The zero-order valence-corrected chi connectivity index (χ0v) is 18.0. The maximum Gasteiger partial charge on any atom is 0.232 e. The fraction of sp³-hybridized carbons (Fsp3) is 0.524. The van der Waals surface area contributed by atoms with Crippen molar-refractivity contribution in [1.29, 1.82) is 0 Å². The predicted octanol–water partition coefficient (Wildman–Crippen LogP) is 1.70. The number of benzene rings is 1. The zero-order valence-electron chi connectivity index (χ0n) is 18.0. The van der Waals surface area contributed by atoms with Crippen molar-refractivity contribution in [2.24, 2.45) is 0 Å². The molecule has 156 valence electrons. The molecule has 1 aromatic carbocycles. The van der Waals surface area contributed by atoms with Crippen molar-refractivity contribution in [2.75, 3.05) is 50.9 Å². The molecule has 0 saturated carbocycles. The number of hydrogen-bond acceptors (Lipinski definition) is 7. The number of carbonyl (C=O) groups excluding carboxylic acids is 1. The minimum atomic E-state index is -0.543. The van der Waals surface area contributed by atoms with Gasteiger partial charge in [-0.2, -0.15) is 15.0 Å². The maximum absolute atomic E-state index is 13.2. The third kappa shape index (κ3) is 4.48. The fourth-order valence-corrected chi connectivity index (χ4v) is 3.63. The van der Waals surface area contributed by atoms with Gasteiger partial charge in [0.2, 0.25) is 17.8 Å². The summed E-state index contributed by atoms with van der Waals surface area (Å²) in [5.74, 6) is 1.60. The lowest BCUT2D eigenvalue weighted by Gasteiger charge is -2.40. The first kappa shape index (κ1) is 21.0. The smallest absolute Gasteiger partial charge is 0.232 e. The van der Waals surface area contributed by atoms with Gasteiger partial charge in [0.25, 0.3) is 0 Å². The van der Waals surface area contributed by atoms with E-state index < -0.39 is 5.41 Å². The van der Waals surface area contributed by atoms with E-state index in [9.17, 15) is 4.79 Å². The van der Waals surface area contributed by atoms with E-state index >= 15 is 0 Å². The maximum atomic E-state index is 13.2. The molecule has 0 spiro atoms. The number of anilines is 2. The molecule has 1 aliphatic heterocycles. The Bertz CT molecular complexity index is 845. The molecular formula is C21H31N7O. The average Bonchev–Trinajstić information content (AvgIpc) is 2.73. The summed E-state index contributed by atoms with van der Waals surface area (Å²) in [5, 5.41) is 0. The van der Waals surface area contributed by atoms with E-state index in [0.29, 0.717) is 24.9 Å². The van der Waals surface area contributed by atoms with Crippen molar-refractivity contribution in [3.05, 3.63) is 41.7 Å². The molecule has 1 aliphatic rings. The number of nitrogens with two attached hydrogens (primary N) is 1. The SMILES string of the molecule is CC(c1nc(N)nc(N(C)C)n1)N1CCN(C(=O)C(C)(C)c2ccccc2)CC1. The average molecular weight is 398 g/mol. The first-order chi connectivity index (χ1) is 13.7. The van der Waals surface area contributed by atoms with Crippen LogP contribution < -0.4 is 10.6 Å². The lowest BCUT2D eigenvalue weighted by molar-refractivity contribution is -0.138. The minimum absolute atomic E-state index is 0.00149. The van der Waals surface area contributed by atoms with Gasteiger partial charge in [0.15, 0.2) is 5.82 Å². The van der Waals surface area contributed by atoms with Crippen LogP contribution in [-0.2, 0) is 10.2 Å². The Morgan fingerprint density at radius 1 is 1.07 bits per heavy atom. The van der Waals surface area contributed by atoms with Crippen LogP contribution in [-0.4, -0.2) is 70.9 Å². The Balaban J connectivity index is 1.67. The molecule has 1 fully saturated rings. The van der Waals surface area contributed by atoms with Crippen LogP contribution in [0.2, 0.25) is 0 Å². The van der Waals surface area contributed by atoms with Gasteiger partial charge in [-0.15, -0.1) is 0 Å². The number of rotatable bonds is 5. The van der Waals surface area contributed by atoms with Crippen molar-refractivity contribution in [3.63, 3.8) is 0 Å². The summed E-state index contributed by atoms with van der Waals surface area (Å²) < 4.78 is 0. The number of nitrogens with zero attached hydrogens (tertiary/aromatic N) is 6. The topological polar surface area (TPSA) is 91.5 Å². The summed E-state index contributed by atoms with van der Waals surface area (Å²) in [6.07, 6.45) is 0. The van der Waals surface area contributed by atoms with Crippen LogP contribution in [0.15, 0.2) is 30.3 Å². The van der Waals surface area contributed by atoms with Crippen molar-refractivity contribution in [2.45, 2.75) is 32.2 Å². The Hall–Kier alpha value is -2.74.